The Morgan fingerprint density at radius 2 is 2.05 bits per heavy atom. The Morgan fingerprint density at radius 1 is 1.37 bits per heavy atom. The van der Waals surface area contributed by atoms with E-state index in [1.807, 2.05) is 0 Å². The topological polar surface area (TPSA) is 103 Å². The van der Waals surface area contributed by atoms with E-state index < -0.39 is 10.0 Å². The number of hydrogen-bond acceptors (Lipinski definition) is 5. The van der Waals surface area contributed by atoms with Crippen molar-refractivity contribution in [2.24, 2.45) is 0 Å². The second-order valence-electron chi connectivity index (χ2n) is 4.59. The molecule has 1 heterocycles. The van der Waals surface area contributed by atoms with Crippen LogP contribution < -0.4 is 4.72 Å². The van der Waals surface area contributed by atoms with E-state index in [4.69, 9.17) is 5.26 Å². The smallest absolute Gasteiger partial charge is 0.243 e. The number of aliphatic hydroxyl groups excluding tert-OH is 1. The number of hydrogen-bond donors (Lipinski definition) is 2. The van der Waals surface area contributed by atoms with Crippen LogP contribution in [0.4, 0.5) is 0 Å². The standard InChI is InChI=1S/C12H15N3O3S/c13-8-11-12(2-1-7-14-11)19(17,18)15-9-3-5-10(16)6-4-9/h1-2,7,9-10,15-16H,3-6H2. The zero-order valence-electron chi connectivity index (χ0n) is 10.3. The molecule has 1 aromatic heterocycles. The van der Waals surface area contributed by atoms with Gasteiger partial charge in [0.1, 0.15) is 11.0 Å². The Kier molecular flexibility index (Phi) is 4.14. The first kappa shape index (κ1) is 13.9. The summed E-state index contributed by atoms with van der Waals surface area (Å²) in [5.74, 6) is 0. The van der Waals surface area contributed by atoms with Gasteiger partial charge in [-0.2, -0.15) is 5.26 Å². The lowest BCUT2D eigenvalue weighted by molar-refractivity contribution is 0.120. The maximum atomic E-state index is 12.2. The minimum Gasteiger partial charge on any atom is -0.393 e. The molecule has 0 spiro atoms. The zero-order chi connectivity index (χ0) is 13.9. The minimum atomic E-state index is -3.74. The van der Waals surface area contributed by atoms with Crippen LogP contribution in [0, 0.1) is 11.3 Å². The van der Waals surface area contributed by atoms with Crippen LogP contribution in [0.5, 0.6) is 0 Å². The summed E-state index contributed by atoms with van der Waals surface area (Å²) >= 11 is 0. The van der Waals surface area contributed by atoms with E-state index in [1.54, 1.807) is 6.07 Å². The summed E-state index contributed by atoms with van der Waals surface area (Å²) in [7, 11) is -3.74. The molecule has 0 saturated heterocycles. The van der Waals surface area contributed by atoms with Gasteiger partial charge in [-0.1, -0.05) is 0 Å². The van der Waals surface area contributed by atoms with Gasteiger partial charge in [-0.3, -0.25) is 0 Å². The van der Waals surface area contributed by atoms with Gasteiger partial charge in [0.05, 0.1) is 6.10 Å². The Hall–Kier alpha value is -1.49. The fourth-order valence-corrected chi connectivity index (χ4v) is 3.58. The van der Waals surface area contributed by atoms with E-state index in [2.05, 4.69) is 9.71 Å². The van der Waals surface area contributed by atoms with E-state index >= 15 is 0 Å². The lowest BCUT2D eigenvalue weighted by Crippen LogP contribution is -2.38. The van der Waals surface area contributed by atoms with Crippen molar-refractivity contribution in [3.63, 3.8) is 0 Å². The normalized spacial score (nSPS) is 23.8. The summed E-state index contributed by atoms with van der Waals surface area (Å²) < 4.78 is 27.0. The van der Waals surface area contributed by atoms with E-state index in [0.29, 0.717) is 25.7 Å². The first-order chi connectivity index (χ1) is 9.03. The molecular weight excluding hydrogens is 266 g/mol. The van der Waals surface area contributed by atoms with Crippen LogP contribution in [0.3, 0.4) is 0 Å². The van der Waals surface area contributed by atoms with Gasteiger partial charge in [0.25, 0.3) is 0 Å². The van der Waals surface area contributed by atoms with E-state index in [-0.39, 0.29) is 22.7 Å². The number of rotatable bonds is 3. The first-order valence-corrected chi connectivity index (χ1v) is 7.57. The number of nitrogens with one attached hydrogen (secondary N) is 1. The lowest BCUT2D eigenvalue weighted by atomic mass is 9.94. The molecule has 1 fully saturated rings. The van der Waals surface area contributed by atoms with Gasteiger partial charge in [0, 0.05) is 12.2 Å². The maximum Gasteiger partial charge on any atom is 0.243 e. The summed E-state index contributed by atoms with van der Waals surface area (Å²) in [6, 6.07) is 4.43. The summed E-state index contributed by atoms with van der Waals surface area (Å²) in [6.45, 7) is 0. The van der Waals surface area contributed by atoms with Gasteiger partial charge >= 0.3 is 0 Å². The fourth-order valence-electron chi connectivity index (χ4n) is 2.17. The van der Waals surface area contributed by atoms with Crippen molar-refractivity contribution >= 4 is 10.0 Å². The third-order valence-electron chi connectivity index (χ3n) is 3.18. The highest BCUT2D eigenvalue weighted by Gasteiger charge is 2.26. The highest BCUT2D eigenvalue weighted by Crippen LogP contribution is 2.21. The van der Waals surface area contributed by atoms with Gasteiger partial charge in [-0.25, -0.2) is 18.1 Å². The average Bonchev–Trinajstić information content (AvgIpc) is 2.41. The summed E-state index contributed by atoms with van der Waals surface area (Å²) in [4.78, 5) is 3.65. The van der Waals surface area contributed by atoms with Crippen molar-refractivity contribution < 1.29 is 13.5 Å². The van der Waals surface area contributed by atoms with Crippen molar-refractivity contribution in [2.75, 3.05) is 0 Å². The first-order valence-electron chi connectivity index (χ1n) is 6.08. The second kappa shape index (κ2) is 5.65. The Balaban J connectivity index is 2.17. The van der Waals surface area contributed by atoms with Crippen LogP contribution in [0.2, 0.25) is 0 Å². The van der Waals surface area contributed by atoms with Crippen LogP contribution in [-0.2, 0) is 10.0 Å². The van der Waals surface area contributed by atoms with Crippen molar-refractivity contribution in [1.82, 2.24) is 9.71 Å². The third-order valence-corrected chi connectivity index (χ3v) is 4.74. The Bertz CT molecular complexity index is 586. The predicted molar refractivity (Wildman–Crippen MR) is 67.5 cm³/mol. The number of nitrogens with zero attached hydrogens (tertiary/aromatic N) is 2. The minimum absolute atomic E-state index is 0.0939. The lowest BCUT2D eigenvalue weighted by Gasteiger charge is -2.25. The van der Waals surface area contributed by atoms with Gasteiger partial charge in [0.2, 0.25) is 10.0 Å². The number of nitriles is 1. The summed E-state index contributed by atoms with van der Waals surface area (Å²) in [5.41, 5.74) is -0.106. The molecular formula is C12H15N3O3S. The van der Waals surface area contributed by atoms with E-state index in [9.17, 15) is 13.5 Å². The maximum absolute atomic E-state index is 12.2. The Morgan fingerprint density at radius 3 is 2.68 bits per heavy atom. The van der Waals surface area contributed by atoms with E-state index in [0.717, 1.165) is 0 Å². The van der Waals surface area contributed by atoms with Crippen LogP contribution in [0.15, 0.2) is 23.2 Å². The molecule has 1 aliphatic carbocycles. The quantitative estimate of drug-likeness (QED) is 0.841. The molecule has 1 saturated carbocycles. The molecule has 102 valence electrons. The molecule has 0 atom stereocenters. The number of aliphatic hydroxyl groups is 1. The van der Waals surface area contributed by atoms with Gasteiger partial charge < -0.3 is 5.11 Å². The highest BCUT2D eigenvalue weighted by atomic mass is 32.2. The zero-order valence-corrected chi connectivity index (χ0v) is 11.1. The SMILES string of the molecule is N#Cc1ncccc1S(=O)(=O)NC1CCC(O)CC1. The van der Waals surface area contributed by atoms with Gasteiger partial charge in [-0.15, -0.1) is 0 Å². The molecule has 7 heteroatoms. The van der Waals surface area contributed by atoms with Gasteiger partial charge in [-0.05, 0) is 37.8 Å². The largest absolute Gasteiger partial charge is 0.393 e. The van der Waals surface area contributed by atoms with Crippen molar-refractivity contribution in [3.05, 3.63) is 24.0 Å². The molecule has 0 radical (unpaired) electrons. The van der Waals surface area contributed by atoms with Crippen LogP contribution in [0.1, 0.15) is 31.4 Å². The highest BCUT2D eigenvalue weighted by molar-refractivity contribution is 7.89. The van der Waals surface area contributed by atoms with Crippen LogP contribution in [-0.4, -0.2) is 30.7 Å². The summed E-state index contributed by atoms with van der Waals surface area (Å²) in [6.07, 6.45) is 3.42. The molecule has 2 N–H and O–H groups in total. The third kappa shape index (κ3) is 3.29. The number of aromatic nitrogens is 1. The molecule has 19 heavy (non-hydrogen) atoms. The van der Waals surface area contributed by atoms with Crippen molar-refractivity contribution in [1.29, 1.82) is 5.26 Å². The predicted octanol–water partition coefficient (Wildman–Crippen LogP) is 0.535. The molecule has 1 aromatic rings. The molecule has 6 nitrogen and oxygen atoms in total. The van der Waals surface area contributed by atoms with Crippen LogP contribution >= 0.6 is 0 Å². The molecule has 0 unspecified atom stereocenters. The fraction of sp³-hybridized carbons (Fsp3) is 0.500. The monoisotopic (exact) mass is 281 g/mol. The van der Waals surface area contributed by atoms with Crippen molar-refractivity contribution in [3.8, 4) is 6.07 Å². The van der Waals surface area contributed by atoms with E-state index in [1.165, 1.54) is 18.3 Å². The number of sulfonamides is 1. The van der Waals surface area contributed by atoms with Crippen LogP contribution in [0.25, 0.3) is 0 Å². The Labute approximate surface area is 112 Å². The molecule has 2 rings (SSSR count). The molecule has 0 amide bonds. The second-order valence-corrected chi connectivity index (χ2v) is 6.27. The molecule has 0 aromatic carbocycles. The number of pyridine rings is 1. The molecule has 1 aliphatic rings. The molecule has 0 bridgehead atoms. The summed E-state index contributed by atoms with van der Waals surface area (Å²) in [5, 5.41) is 18.3. The molecule has 0 aliphatic heterocycles. The van der Waals surface area contributed by atoms with Crippen molar-refractivity contribution in [2.45, 2.75) is 42.7 Å². The average molecular weight is 281 g/mol. The van der Waals surface area contributed by atoms with Gasteiger partial charge in [0.15, 0.2) is 5.69 Å².